The quantitative estimate of drug-likeness (QED) is 0.794. The van der Waals surface area contributed by atoms with E-state index in [1.807, 2.05) is 6.20 Å². The van der Waals surface area contributed by atoms with Gasteiger partial charge in [-0.05, 0) is 50.0 Å². The Balaban J connectivity index is 1.49. The lowest BCUT2D eigenvalue weighted by atomic mass is 10.0. The van der Waals surface area contributed by atoms with Gasteiger partial charge in [-0.25, -0.2) is 0 Å². The molecule has 3 heteroatoms. The molecular weight excluding hydrogens is 198 g/mol. The molecule has 16 heavy (non-hydrogen) atoms. The highest BCUT2D eigenvalue weighted by Crippen LogP contribution is 2.60. The van der Waals surface area contributed by atoms with E-state index >= 15 is 0 Å². The molecule has 1 N–H and O–H groups in total. The molecule has 1 heterocycles. The molecule has 2 aliphatic carbocycles. The highest BCUT2D eigenvalue weighted by Gasteiger charge is 2.53. The highest BCUT2D eigenvalue weighted by atomic mass is 15.3. The lowest BCUT2D eigenvalue weighted by Crippen LogP contribution is -2.26. The predicted octanol–water partition coefficient (Wildman–Crippen LogP) is 2.18. The van der Waals surface area contributed by atoms with Crippen molar-refractivity contribution in [3.05, 3.63) is 18.0 Å². The second-order valence-corrected chi connectivity index (χ2v) is 5.38. The lowest BCUT2D eigenvalue weighted by molar-refractivity contribution is 0.399. The molecule has 0 aliphatic heterocycles. The van der Waals surface area contributed by atoms with Crippen molar-refractivity contribution >= 4 is 0 Å². The molecule has 2 aliphatic rings. The first kappa shape index (κ1) is 10.3. The van der Waals surface area contributed by atoms with Crippen LogP contribution in [0.5, 0.6) is 0 Å². The number of aromatic nitrogens is 2. The number of hydrogen-bond donors (Lipinski definition) is 1. The van der Waals surface area contributed by atoms with Crippen LogP contribution in [0.3, 0.4) is 0 Å². The minimum atomic E-state index is 0.705. The van der Waals surface area contributed by atoms with Crippen LogP contribution in [0.4, 0.5) is 0 Å². The summed E-state index contributed by atoms with van der Waals surface area (Å²) < 4.78 is 2.07. The van der Waals surface area contributed by atoms with Crippen molar-refractivity contribution in [2.75, 3.05) is 6.54 Å². The van der Waals surface area contributed by atoms with Crippen molar-refractivity contribution in [2.24, 2.45) is 11.3 Å². The van der Waals surface area contributed by atoms with E-state index in [1.165, 1.54) is 37.9 Å². The first-order valence-corrected chi connectivity index (χ1v) is 6.55. The van der Waals surface area contributed by atoms with Crippen LogP contribution >= 0.6 is 0 Å². The normalized spacial score (nSPS) is 22.3. The Morgan fingerprint density at radius 1 is 1.50 bits per heavy atom. The van der Waals surface area contributed by atoms with Crippen molar-refractivity contribution in [1.29, 1.82) is 0 Å². The van der Waals surface area contributed by atoms with Gasteiger partial charge in [-0.15, -0.1) is 0 Å². The smallest absolute Gasteiger partial charge is 0.0521 e. The molecule has 2 fully saturated rings. The number of aryl methyl sites for hydroxylation is 1. The Bertz CT molecular complexity index is 361. The highest BCUT2D eigenvalue weighted by molar-refractivity contribution is 5.06. The van der Waals surface area contributed by atoms with Gasteiger partial charge in [0.25, 0.3) is 0 Å². The van der Waals surface area contributed by atoms with E-state index in [1.54, 1.807) is 0 Å². The molecule has 0 aromatic carbocycles. The van der Waals surface area contributed by atoms with E-state index in [4.69, 9.17) is 0 Å². The van der Waals surface area contributed by atoms with Gasteiger partial charge in [0.2, 0.25) is 0 Å². The first-order valence-electron chi connectivity index (χ1n) is 6.55. The monoisotopic (exact) mass is 219 g/mol. The Labute approximate surface area is 97.2 Å². The van der Waals surface area contributed by atoms with Crippen LogP contribution in [0.25, 0.3) is 0 Å². The summed E-state index contributed by atoms with van der Waals surface area (Å²) in [7, 11) is 0. The van der Waals surface area contributed by atoms with E-state index in [-0.39, 0.29) is 0 Å². The van der Waals surface area contributed by atoms with Crippen LogP contribution in [0, 0.1) is 11.3 Å². The van der Waals surface area contributed by atoms with E-state index in [0.29, 0.717) is 5.41 Å². The largest absolute Gasteiger partial charge is 0.311 e. The molecule has 0 spiro atoms. The van der Waals surface area contributed by atoms with Gasteiger partial charge in [-0.2, -0.15) is 5.10 Å². The fraction of sp³-hybridized carbons (Fsp3) is 0.769. The van der Waals surface area contributed by atoms with Crippen molar-refractivity contribution in [2.45, 2.75) is 45.7 Å². The SMILES string of the molecule is CCn1nccc1CNCC1(C2CC2)CC1. The number of hydrogen-bond acceptors (Lipinski definition) is 2. The molecule has 0 bridgehead atoms. The minimum Gasteiger partial charge on any atom is -0.311 e. The van der Waals surface area contributed by atoms with Crippen LogP contribution in [0.2, 0.25) is 0 Å². The summed E-state index contributed by atoms with van der Waals surface area (Å²) >= 11 is 0. The Morgan fingerprint density at radius 2 is 2.31 bits per heavy atom. The van der Waals surface area contributed by atoms with E-state index in [2.05, 4.69) is 28.1 Å². The maximum absolute atomic E-state index is 4.29. The molecule has 3 rings (SSSR count). The summed E-state index contributed by atoms with van der Waals surface area (Å²) in [6, 6.07) is 2.12. The summed E-state index contributed by atoms with van der Waals surface area (Å²) in [6.07, 6.45) is 7.77. The van der Waals surface area contributed by atoms with Gasteiger partial charge in [0.05, 0.1) is 5.69 Å². The van der Waals surface area contributed by atoms with Crippen molar-refractivity contribution in [3.8, 4) is 0 Å². The third-order valence-electron chi connectivity index (χ3n) is 4.22. The Kier molecular flexibility index (Phi) is 2.51. The van der Waals surface area contributed by atoms with Gasteiger partial charge in [0.15, 0.2) is 0 Å². The average Bonchev–Trinajstić information content (AvgIpc) is 3.17. The van der Waals surface area contributed by atoms with E-state index in [9.17, 15) is 0 Å². The molecule has 0 atom stereocenters. The molecule has 0 saturated heterocycles. The van der Waals surface area contributed by atoms with Crippen LogP contribution in [0.15, 0.2) is 12.3 Å². The van der Waals surface area contributed by atoms with Crippen molar-refractivity contribution in [1.82, 2.24) is 15.1 Å². The molecule has 0 unspecified atom stereocenters. The molecule has 3 nitrogen and oxygen atoms in total. The van der Waals surface area contributed by atoms with Gasteiger partial charge in [0, 0.05) is 25.8 Å². The minimum absolute atomic E-state index is 0.705. The third-order valence-corrected chi connectivity index (χ3v) is 4.22. The average molecular weight is 219 g/mol. The second kappa shape index (κ2) is 3.88. The zero-order valence-electron chi connectivity index (χ0n) is 10.1. The number of nitrogens with zero attached hydrogens (tertiary/aromatic N) is 2. The summed E-state index contributed by atoms with van der Waals surface area (Å²) in [6.45, 7) is 5.30. The third kappa shape index (κ3) is 1.88. The summed E-state index contributed by atoms with van der Waals surface area (Å²) in [4.78, 5) is 0. The molecule has 1 aromatic rings. The molecule has 2 saturated carbocycles. The summed E-state index contributed by atoms with van der Waals surface area (Å²) in [5.41, 5.74) is 2.02. The molecule has 88 valence electrons. The van der Waals surface area contributed by atoms with E-state index in [0.717, 1.165) is 19.0 Å². The maximum Gasteiger partial charge on any atom is 0.0521 e. The predicted molar refractivity (Wildman–Crippen MR) is 64.0 cm³/mol. The van der Waals surface area contributed by atoms with Gasteiger partial charge < -0.3 is 5.32 Å². The van der Waals surface area contributed by atoms with Gasteiger partial charge in [-0.1, -0.05) is 0 Å². The fourth-order valence-electron chi connectivity index (χ4n) is 2.82. The number of rotatable bonds is 6. The zero-order chi connectivity index (χ0) is 11.0. The van der Waals surface area contributed by atoms with Crippen molar-refractivity contribution in [3.63, 3.8) is 0 Å². The zero-order valence-corrected chi connectivity index (χ0v) is 10.1. The van der Waals surface area contributed by atoms with Crippen LogP contribution < -0.4 is 5.32 Å². The fourth-order valence-corrected chi connectivity index (χ4v) is 2.82. The molecule has 0 radical (unpaired) electrons. The number of nitrogens with one attached hydrogen (secondary N) is 1. The van der Waals surface area contributed by atoms with Crippen molar-refractivity contribution < 1.29 is 0 Å². The van der Waals surface area contributed by atoms with Crippen LogP contribution in [-0.4, -0.2) is 16.3 Å². The summed E-state index contributed by atoms with van der Waals surface area (Å²) in [5.74, 6) is 1.05. The first-order chi connectivity index (χ1) is 7.84. The second-order valence-electron chi connectivity index (χ2n) is 5.38. The van der Waals surface area contributed by atoms with Gasteiger partial charge >= 0.3 is 0 Å². The molecule has 0 amide bonds. The molecule has 1 aromatic heterocycles. The standard InChI is InChI=1S/C13H21N3/c1-2-16-12(5-8-15-16)9-14-10-13(6-7-13)11-3-4-11/h5,8,11,14H,2-4,6-7,9-10H2,1H3. The summed E-state index contributed by atoms with van der Waals surface area (Å²) in [5, 5.41) is 7.92. The van der Waals surface area contributed by atoms with Crippen LogP contribution in [0.1, 0.15) is 38.3 Å². The van der Waals surface area contributed by atoms with Crippen LogP contribution in [-0.2, 0) is 13.1 Å². The molecular formula is C13H21N3. The van der Waals surface area contributed by atoms with Gasteiger partial charge in [0.1, 0.15) is 0 Å². The topological polar surface area (TPSA) is 29.9 Å². The van der Waals surface area contributed by atoms with Gasteiger partial charge in [-0.3, -0.25) is 4.68 Å². The lowest BCUT2D eigenvalue weighted by Gasteiger charge is -2.15. The Morgan fingerprint density at radius 3 is 2.94 bits per heavy atom. The maximum atomic E-state index is 4.29. The Hall–Kier alpha value is -0.830. The van der Waals surface area contributed by atoms with E-state index < -0.39 is 0 Å².